The lowest BCUT2D eigenvalue weighted by Crippen LogP contribution is -2.48. The van der Waals surface area contributed by atoms with Crippen molar-refractivity contribution >= 4 is 29.9 Å². The van der Waals surface area contributed by atoms with Crippen LogP contribution in [0.4, 0.5) is 0 Å². The van der Waals surface area contributed by atoms with E-state index < -0.39 is 5.60 Å². The second kappa shape index (κ2) is 10.0. The first-order valence-corrected chi connectivity index (χ1v) is 8.00. The zero-order valence-electron chi connectivity index (χ0n) is 13.3. The highest BCUT2D eigenvalue weighted by atomic mass is 127. The highest BCUT2D eigenvalue weighted by Gasteiger charge is 2.29. The van der Waals surface area contributed by atoms with Crippen molar-refractivity contribution in [2.45, 2.75) is 51.2 Å². The second-order valence-electron chi connectivity index (χ2n) is 5.82. The SMILES string of the molecule is CCNC(=NCc1ccccc1)NCC1(O)CCCCC1.I. The van der Waals surface area contributed by atoms with E-state index in [4.69, 9.17) is 0 Å². The zero-order valence-corrected chi connectivity index (χ0v) is 15.7. The predicted molar refractivity (Wildman–Crippen MR) is 103 cm³/mol. The van der Waals surface area contributed by atoms with Crippen LogP contribution in [0.3, 0.4) is 0 Å². The van der Waals surface area contributed by atoms with Crippen molar-refractivity contribution in [1.82, 2.24) is 10.6 Å². The summed E-state index contributed by atoms with van der Waals surface area (Å²) in [5.74, 6) is 0.778. The molecular formula is C17H28IN3O. The number of aliphatic hydroxyl groups is 1. The summed E-state index contributed by atoms with van der Waals surface area (Å²) < 4.78 is 0. The van der Waals surface area contributed by atoms with Gasteiger partial charge >= 0.3 is 0 Å². The summed E-state index contributed by atoms with van der Waals surface area (Å²) >= 11 is 0. The first kappa shape index (κ1) is 19.2. The molecule has 22 heavy (non-hydrogen) atoms. The lowest BCUT2D eigenvalue weighted by molar-refractivity contribution is 0.00859. The minimum absolute atomic E-state index is 0. The predicted octanol–water partition coefficient (Wildman–Crippen LogP) is 3.05. The van der Waals surface area contributed by atoms with Crippen LogP contribution in [0.15, 0.2) is 35.3 Å². The van der Waals surface area contributed by atoms with E-state index in [9.17, 15) is 5.11 Å². The molecule has 2 rings (SSSR count). The Labute approximate surface area is 150 Å². The lowest BCUT2D eigenvalue weighted by Gasteiger charge is -2.32. The van der Waals surface area contributed by atoms with Gasteiger partial charge in [-0.25, -0.2) is 4.99 Å². The lowest BCUT2D eigenvalue weighted by atomic mass is 9.85. The summed E-state index contributed by atoms with van der Waals surface area (Å²) in [6, 6.07) is 10.2. The van der Waals surface area contributed by atoms with Gasteiger partial charge in [0.1, 0.15) is 0 Å². The molecule has 1 aromatic carbocycles. The number of nitrogens with zero attached hydrogens (tertiary/aromatic N) is 1. The quantitative estimate of drug-likeness (QED) is 0.392. The van der Waals surface area contributed by atoms with Crippen molar-refractivity contribution in [1.29, 1.82) is 0 Å². The number of benzene rings is 1. The van der Waals surface area contributed by atoms with E-state index in [-0.39, 0.29) is 24.0 Å². The van der Waals surface area contributed by atoms with Crippen LogP contribution in [-0.2, 0) is 6.54 Å². The summed E-state index contributed by atoms with van der Waals surface area (Å²) in [6.07, 6.45) is 5.26. The Hall–Kier alpha value is -0.820. The molecule has 0 amide bonds. The molecule has 0 aromatic heterocycles. The summed E-state index contributed by atoms with van der Waals surface area (Å²) in [5.41, 5.74) is 0.618. The summed E-state index contributed by atoms with van der Waals surface area (Å²) in [7, 11) is 0. The molecule has 4 nitrogen and oxygen atoms in total. The van der Waals surface area contributed by atoms with E-state index in [1.165, 1.54) is 12.0 Å². The molecule has 3 N–H and O–H groups in total. The Bertz CT molecular complexity index is 444. The van der Waals surface area contributed by atoms with E-state index in [0.717, 1.165) is 38.2 Å². The fourth-order valence-corrected chi connectivity index (χ4v) is 2.73. The topological polar surface area (TPSA) is 56.7 Å². The number of hydrogen-bond donors (Lipinski definition) is 3. The molecule has 0 aliphatic heterocycles. The first-order chi connectivity index (χ1) is 10.2. The van der Waals surface area contributed by atoms with Crippen LogP contribution in [0.25, 0.3) is 0 Å². The van der Waals surface area contributed by atoms with Gasteiger partial charge in [-0.3, -0.25) is 0 Å². The largest absolute Gasteiger partial charge is 0.388 e. The van der Waals surface area contributed by atoms with Crippen LogP contribution < -0.4 is 10.6 Å². The third-order valence-electron chi connectivity index (χ3n) is 3.98. The molecule has 0 spiro atoms. The van der Waals surface area contributed by atoms with Gasteiger partial charge in [-0.2, -0.15) is 0 Å². The van der Waals surface area contributed by atoms with Crippen LogP contribution in [-0.4, -0.2) is 29.8 Å². The third-order valence-corrected chi connectivity index (χ3v) is 3.98. The summed E-state index contributed by atoms with van der Waals surface area (Å²) in [4.78, 5) is 4.58. The fourth-order valence-electron chi connectivity index (χ4n) is 2.73. The molecule has 0 radical (unpaired) electrons. The summed E-state index contributed by atoms with van der Waals surface area (Å²) in [5, 5.41) is 17.1. The third kappa shape index (κ3) is 6.52. The highest BCUT2D eigenvalue weighted by Crippen LogP contribution is 2.27. The first-order valence-electron chi connectivity index (χ1n) is 8.00. The van der Waals surface area contributed by atoms with Crippen molar-refractivity contribution in [3.8, 4) is 0 Å². The molecule has 0 unspecified atom stereocenters. The number of nitrogens with one attached hydrogen (secondary N) is 2. The number of halogens is 1. The van der Waals surface area contributed by atoms with Gasteiger partial charge in [0.05, 0.1) is 12.1 Å². The van der Waals surface area contributed by atoms with Crippen LogP contribution in [0.1, 0.15) is 44.6 Å². The number of guanidine groups is 1. The van der Waals surface area contributed by atoms with Crippen molar-refractivity contribution in [3.05, 3.63) is 35.9 Å². The second-order valence-corrected chi connectivity index (χ2v) is 5.82. The number of aliphatic imine (C=N–C) groups is 1. The Morgan fingerprint density at radius 3 is 2.45 bits per heavy atom. The molecule has 0 heterocycles. The zero-order chi connectivity index (χ0) is 15.0. The minimum atomic E-state index is -0.568. The summed E-state index contributed by atoms with van der Waals surface area (Å²) in [6.45, 7) is 4.09. The molecule has 1 aliphatic rings. The van der Waals surface area contributed by atoms with Crippen LogP contribution in [0.2, 0.25) is 0 Å². The van der Waals surface area contributed by atoms with Gasteiger partial charge in [0.15, 0.2) is 5.96 Å². The normalized spacial score (nSPS) is 17.5. The van der Waals surface area contributed by atoms with E-state index in [0.29, 0.717) is 13.1 Å². The van der Waals surface area contributed by atoms with Gasteiger partial charge < -0.3 is 15.7 Å². The standard InChI is InChI=1S/C17H27N3O.HI/c1-2-18-16(19-13-15-9-5-3-6-10-15)20-14-17(21)11-7-4-8-12-17;/h3,5-6,9-10,21H,2,4,7-8,11-14H2,1H3,(H2,18,19,20);1H. The Kier molecular flexibility index (Phi) is 8.78. The Morgan fingerprint density at radius 1 is 1.14 bits per heavy atom. The number of rotatable bonds is 5. The monoisotopic (exact) mass is 417 g/mol. The van der Waals surface area contributed by atoms with Crippen LogP contribution >= 0.6 is 24.0 Å². The molecular weight excluding hydrogens is 389 g/mol. The maximum atomic E-state index is 10.5. The van der Waals surface area contributed by atoms with Crippen molar-refractivity contribution in [2.75, 3.05) is 13.1 Å². The maximum absolute atomic E-state index is 10.5. The van der Waals surface area contributed by atoms with Gasteiger partial charge in [0, 0.05) is 13.1 Å². The Morgan fingerprint density at radius 2 is 1.82 bits per heavy atom. The molecule has 1 fully saturated rings. The smallest absolute Gasteiger partial charge is 0.191 e. The van der Waals surface area contributed by atoms with E-state index in [1.807, 2.05) is 18.2 Å². The van der Waals surface area contributed by atoms with Crippen LogP contribution in [0, 0.1) is 0 Å². The van der Waals surface area contributed by atoms with Gasteiger partial charge in [0.2, 0.25) is 0 Å². The molecule has 0 bridgehead atoms. The minimum Gasteiger partial charge on any atom is -0.388 e. The average molecular weight is 417 g/mol. The molecule has 1 aromatic rings. The van der Waals surface area contributed by atoms with E-state index in [2.05, 4.69) is 34.7 Å². The van der Waals surface area contributed by atoms with Gasteiger partial charge in [-0.15, -0.1) is 24.0 Å². The average Bonchev–Trinajstić information content (AvgIpc) is 2.52. The maximum Gasteiger partial charge on any atom is 0.191 e. The van der Waals surface area contributed by atoms with Crippen molar-refractivity contribution < 1.29 is 5.11 Å². The molecule has 0 atom stereocenters. The molecule has 1 aliphatic carbocycles. The van der Waals surface area contributed by atoms with E-state index >= 15 is 0 Å². The molecule has 1 saturated carbocycles. The highest BCUT2D eigenvalue weighted by molar-refractivity contribution is 14.0. The van der Waals surface area contributed by atoms with Crippen molar-refractivity contribution in [2.24, 2.45) is 4.99 Å². The fraction of sp³-hybridized carbons (Fsp3) is 0.588. The van der Waals surface area contributed by atoms with Crippen molar-refractivity contribution in [3.63, 3.8) is 0 Å². The van der Waals surface area contributed by atoms with E-state index in [1.54, 1.807) is 0 Å². The van der Waals surface area contributed by atoms with Gasteiger partial charge in [-0.05, 0) is 25.3 Å². The van der Waals surface area contributed by atoms with Crippen LogP contribution in [0.5, 0.6) is 0 Å². The number of hydrogen-bond acceptors (Lipinski definition) is 2. The Balaban J connectivity index is 0.00000242. The molecule has 0 saturated heterocycles. The van der Waals surface area contributed by atoms with Gasteiger partial charge in [-0.1, -0.05) is 49.6 Å². The molecule has 124 valence electrons. The molecule has 5 heteroatoms. The van der Waals surface area contributed by atoms with Gasteiger partial charge in [0.25, 0.3) is 0 Å².